The molecule has 0 spiro atoms. The van der Waals surface area contributed by atoms with Gasteiger partial charge in [-0.25, -0.2) is 0 Å². The number of benzene rings is 1. The van der Waals surface area contributed by atoms with Gasteiger partial charge in [-0.1, -0.05) is 51.0 Å². The molecule has 94 valence electrons. The maximum atomic E-state index is 6.46. The van der Waals surface area contributed by atoms with E-state index in [9.17, 15) is 0 Å². The van der Waals surface area contributed by atoms with Crippen LogP contribution in [0.25, 0.3) is 0 Å². The van der Waals surface area contributed by atoms with E-state index in [-0.39, 0.29) is 6.04 Å². The van der Waals surface area contributed by atoms with Crippen LogP contribution in [0.2, 0.25) is 0 Å². The molecule has 3 unspecified atom stereocenters. The summed E-state index contributed by atoms with van der Waals surface area (Å²) in [4.78, 5) is 0. The smallest absolute Gasteiger partial charge is 0.0323 e. The maximum Gasteiger partial charge on any atom is 0.0323 e. The van der Waals surface area contributed by atoms with Crippen LogP contribution in [0.3, 0.4) is 0 Å². The Morgan fingerprint density at radius 2 is 2.18 bits per heavy atom. The van der Waals surface area contributed by atoms with Crippen molar-refractivity contribution >= 4 is 0 Å². The van der Waals surface area contributed by atoms with Crippen molar-refractivity contribution in [2.24, 2.45) is 17.6 Å². The molecule has 1 nitrogen and oxygen atoms in total. The summed E-state index contributed by atoms with van der Waals surface area (Å²) in [6.07, 6.45) is 6.45. The minimum atomic E-state index is 0.240. The van der Waals surface area contributed by atoms with Gasteiger partial charge >= 0.3 is 0 Å². The molecule has 0 bridgehead atoms. The van der Waals surface area contributed by atoms with Crippen LogP contribution in [-0.2, 0) is 6.42 Å². The van der Waals surface area contributed by atoms with Crippen molar-refractivity contribution in [1.82, 2.24) is 0 Å². The number of nitrogens with two attached hydrogens (primary N) is 1. The van der Waals surface area contributed by atoms with E-state index in [1.165, 1.54) is 36.8 Å². The van der Waals surface area contributed by atoms with Gasteiger partial charge in [0, 0.05) is 6.04 Å². The summed E-state index contributed by atoms with van der Waals surface area (Å²) in [6.45, 7) is 4.56. The summed E-state index contributed by atoms with van der Waals surface area (Å²) in [5.74, 6) is 1.54. The highest BCUT2D eigenvalue weighted by molar-refractivity contribution is 5.26. The molecule has 1 aromatic carbocycles. The molecular weight excluding hydrogens is 206 g/mol. The normalized spacial score (nSPS) is 26.8. The van der Waals surface area contributed by atoms with Gasteiger partial charge in [-0.05, 0) is 42.2 Å². The first-order valence-electron chi connectivity index (χ1n) is 7.05. The van der Waals surface area contributed by atoms with Crippen LogP contribution >= 0.6 is 0 Å². The van der Waals surface area contributed by atoms with Crippen molar-refractivity contribution in [2.75, 3.05) is 0 Å². The Morgan fingerprint density at radius 1 is 1.35 bits per heavy atom. The molecule has 0 saturated heterocycles. The Balaban J connectivity index is 2.09. The molecule has 0 radical (unpaired) electrons. The molecule has 0 aliphatic heterocycles. The molecule has 0 amide bonds. The minimum absolute atomic E-state index is 0.240. The highest BCUT2D eigenvalue weighted by Gasteiger charge is 2.25. The van der Waals surface area contributed by atoms with Gasteiger partial charge in [0.25, 0.3) is 0 Å². The Kier molecular flexibility index (Phi) is 4.22. The standard InChI is InChI=1S/C16H25N/c1-3-13-7-5-9-15(11-13)16(17)14-8-4-6-12(2)10-14/h5,7,9,11-12,14,16H,3-4,6,8,10,17H2,1-2H3. The van der Waals surface area contributed by atoms with E-state index < -0.39 is 0 Å². The number of hydrogen-bond donors (Lipinski definition) is 1. The molecule has 1 aliphatic carbocycles. The lowest BCUT2D eigenvalue weighted by Gasteiger charge is -2.31. The van der Waals surface area contributed by atoms with E-state index in [1.807, 2.05) is 0 Å². The van der Waals surface area contributed by atoms with Crippen molar-refractivity contribution in [2.45, 2.75) is 52.0 Å². The van der Waals surface area contributed by atoms with Crippen molar-refractivity contribution in [3.63, 3.8) is 0 Å². The minimum Gasteiger partial charge on any atom is -0.324 e. The lowest BCUT2D eigenvalue weighted by molar-refractivity contribution is 0.248. The third-order valence-electron chi connectivity index (χ3n) is 4.23. The average Bonchev–Trinajstić information content (AvgIpc) is 2.38. The zero-order chi connectivity index (χ0) is 12.3. The molecule has 1 aliphatic rings. The van der Waals surface area contributed by atoms with Gasteiger partial charge in [0.2, 0.25) is 0 Å². The Labute approximate surface area is 105 Å². The predicted octanol–water partition coefficient (Wildman–Crippen LogP) is 4.08. The van der Waals surface area contributed by atoms with Gasteiger partial charge < -0.3 is 5.73 Å². The van der Waals surface area contributed by atoms with E-state index in [0.717, 1.165) is 12.3 Å². The second kappa shape index (κ2) is 5.68. The zero-order valence-electron chi connectivity index (χ0n) is 11.2. The lowest BCUT2D eigenvalue weighted by Crippen LogP contribution is -2.26. The van der Waals surface area contributed by atoms with Crippen LogP contribution < -0.4 is 5.73 Å². The van der Waals surface area contributed by atoms with Crippen LogP contribution in [0, 0.1) is 11.8 Å². The third-order valence-corrected chi connectivity index (χ3v) is 4.23. The maximum absolute atomic E-state index is 6.46. The summed E-state index contributed by atoms with van der Waals surface area (Å²) < 4.78 is 0. The van der Waals surface area contributed by atoms with E-state index in [4.69, 9.17) is 5.73 Å². The topological polar surface area (TPSA) is 26.0 Å². The second-order valence-corrected chi connectivity index (χ2v) is 5.66. The van der Waals surface area contributed by atoms with Crippen molar-refractivity contribution in [3.05, 3.63) is 35.4 Å². The molecule has 2 N–H and O–H groups in total. The molecule has 1 fully saturated rings. The summed E-state index contributed by atoms with van der Waals surface area (Å²) in [7, 11) is 0. The first-order valence-corrected chi connectivity index (χ1v) is 7.05. The van der Waals surface area contributed by atoms with Crippen molar-refractivity contribution in [3.8, 4) is 0 Å². The van der Waals surface area contributed by atoms with Crippen LogP contribution in [-0.4, -0.2) is 0 Å². The van der Waals surface area contributed by atoms with Gasteiger partial charge in [0.15, 0.2) is 0 Å². The Bertz CT molecular complexity index is 358. The first kappa shape index (κ1) is 12.6. The van der Waals surface area contributed by atoms with E-state index in [0.29, 0.717) is 5.92 Å². The highest BCUT2D eigenvalue weighted by Crippen LogP contribution is 2.35. The molecule has 0 heterocycles. The number of hydrogen-bond acceptors (Lipinski definition) is 1. The monoisotopic (exact) mass is 231 g/mol. The quantitative estimate of drug-likeness (QED) is 0.833. The van der Waals surface area contributed by atoms with Gasteiger partial charge in [-0.15, -0.1) is 0 Å². The molecule has 1 saturated carbocycles. The fraction of sp³-hybridized carbons (Fsp3) is 0.625. The molecule has 1 heteroatoms. The molecular formula is C16H25N. The van der Waals surface area contributed by atoms with E-state index >= 15 is 0 Å². The third kappa shape index (κ3) is 3.10. The van der Waals surface area contributed by atoms with Gasteiger partial charge in [0.05, 0.1) is 0 Å². The largest absolute Gasteiger partial charge is 0.324 e. The van der Waals surface area contributed by atoms with E-state index in [1.54, 1.807) is 0 Å². The number of aryl methyl sites for hydroxylation is 1. The van der Waals surface area contributed by atoms with Crippen LogP contribution in [0.5, 0.6) is 0 Å². The molecule has 2 rings (SSSR count). The van der Waals surface area contributed by atoms with Gasteiger partial charge in [-0.3, -0.25) is 0 Å². The van der Waals surface area contributed by atoms with Crippen molar-refractivity contribution < 1.29 is 0 Å². The second-order valence-electron chi connectivity index (χ2n) is 5.66. The van der Waals surface area contributed by atoms with Crippen LogP contribution in [0.4, 0.5) is 0 Å². The predicted molar refractivity (Wildman–Crippen MR) is 73.9 cm³/mol. The summed E-state index contributed by atoms with van der Waals surface area (Å²) in [6, 6.07) is 9.08. The first-order chi connectivity index (χ1) is 8.20. The summed E-state index contributed by atoms with van der Waals surface area (Å²) >= 11 is 0. The molecule has 3 atom stereocenters. The van der Waals surface area contributed by atoms with Gasteiger partial charge in [0.1, 0.15) is 0 Å². The Morgan fingerprint density at radius 3 is 2.88 bits per heavy atom. The summed E-state index contributed by atoms with van der Waals surface area (Å²) in [5.41, 5.74) is 9.20. The fourth-order valence-corrected chi connectivity index (χ4v) is 3.10. The van der Waals surface area contributed by atoms with Gasteiger partial charge in [-0.2, -0.15) is 0 Å². The van der Waals surface area contributed by atoms with Crippen LogP contribution in [0.15, 0.2) is 24.3 Å². The van der Waals surface area contributed by atoms with Crippen LogP contribution in [0.1, 0.15) is 56.7 Å². The lowest BCUT2D eigenvalue weighted by atomic mass is 9.77. The summed E-state index contributed by atoms with van der Waals surface area (Å²) in [5, 5.41) is 0. The molecule has 1 aromatic rings. The SMILES string of the molecule is CCc1cccc(C(N)C2CCCC(C)C2)c1. The average molecular weight is 231 g/mol. The van der Waals surface area contributed by atoms with E-state index in [2.05, 4.69) is 38.1 Å². The van der Waals surface area contributed by atoms with Crippen molar-refractivity contribution in [1.29, 1.82) is 0 Å². The Hall–Kier alpha value is -0.820. The zero-order valence-corrected chi connectivity index (χ0v) is 11.2. The number of rotatable bonds is 3. The fourth-order valence-electron chi connectivity index (χ4n) is 3.10. The highest BCUT2D eigenvalue weighted by atomic mass is 14.7. The molecule has 17 heavy (non-hydrogen) atoms. The molecule has 0 aromatic heterocycles.